The van der Waals surface area contributed by atoms with E-state index in [1.165, 1.54) is 38.9 Å². The van der Waals surface area contributed by atoms with E-state index in [2.05, 4.69) is 225 Å². The van der Waals surface area contributed by atoms with Crippen molar-refractivity contribution in [2.45, 2.75) is 105 Å². The van der Waals surface area contributed by atoms with Crippen molar-refractivity contribution in [3.63, 3.8) is 0 Å². The molecule has 6 nitrogen and oxygen atoms in total. The number of hydrogen-bond donors (Lipinski definition) is 0. The predicted octanol–water partition coefficient (Wildman–Crippen LogP) is 17.7. The first-order valence-corrected chi connectivity index (χ1v) is 24.5. The Balaban J connectivity index is 0.00000582. The Hall–Kier alpha value is -6.62. The summed E-state index contributed by atoms with van der Waals surface area (Å²) in [5.41, 5.74) is 17.0. The number of benzene rings is 7. The molecular weight excluding hydrogens is 1050 g/mol. The third-order valence-electron chi connectivity index (χ3n) is 13.9. The van der Waals surface area contributed by atoms with Crippen LogP contribution in [0.15, 0.2) is 150 Å². The van der Waals surface area contributed by atoms with E-state index in [4.69, 9.17) is 14.1 Å². The van der Waals surface area contributed by atoms with Crippen LogP contribution in [0.2, 0.25) is 0 Å². The first-order valence-electron chi connectivity index (χ1n) is 24.5. The maximum Gasteiger partial charge on any atom is 0.135 e. The third-order valence-corrected chi connectivity index (χ3v) is 13.9. The molecule has 71 heavy (non-hydrogen) atoms. The second-order valence-electron chi connectivity index (χ2n) is 23.1. The smallest absolute Gasteiger partial charge is 0.135 e. The molecular formula is C64H61N4O2Pt-3. The molecule has 0 aliphatic carbocycles. The SMILES string of the molecule is CC(C)(C)c1cc(-c2cc(C(C)(C)C)cc(-c3ccccc3)c2N2[CH-]N(c3[c-]c(Oc4[c-]c5c6c(c4)oc4cccc(c46)n5-c4cc(C(C)(C)C)ccn4)ccc3)c3ccccc32)cc(C(C)(C)C)c1.[Pt]. The van der Waals surface area contributed by atoms with Crippen LogP contribution in [0, 0.1) is 18.8 Å². The number of para-hydroxylation sites is 2. The number of pyridine rings is 1. The Morgan fingerprint density at radius 1 is 0.507 bits per heavy atom. The molecule has 11 rings (SSSR count). The van der Waals surface area contributed by atoms with Gasteiger partial charge < -0.3 is 23.5 Å². The van der Waals surface area contributed by atoms with Crippen LogP contribution in [0.1, 0.15) is 105 Å². The molecule has 0 radical (unpaired) electrons. The van der Waals surface area contributed by atoms with Crippen molar-refractivity contribution < 1.29 is 30.2 Å². The van der Waals surface area contributed by atoms with E-state index in [0.717, 1.165) is 67.1 Å². The summed E-state index contributed by atoms with van der Waals surface area (Å²) in [7, 11) is 0. The van der Waals surface area contributed by atoms with Gasteiger partial charge in [0, 0.05) is 78.0 Å². The second-order valence-corrected chi connectivity index (χ2v) is 23.1. The minimum absolute atomic E-state index is 0. The fraction of sp³-hybridized carbons (Fsp3) is 0.250. The Morgan fingerprint density at radius 2 is 1.11 bits per heavy atom. The number of aromatic nitrogens is 2. The molecule has 1 aliphatic rings. The topological polar surface area (TPSA) is 46.7 Å². The summed E-state index contributed by atoms with van der Waals surface area (Å²) < 4.78 is 15.5. The van der Waals surface area contributed by atoms with Crippen LogP contribution < -0.4 is 14.5 Å². The summed E-state index contributed by atoms with van der Waals surface area (Å²) in [5.74, 6) is 1.92. The molecule has 0 amide bonds. The minimum Gasteiger partial charge on any atom is -0.509 e. The standard InChI is InChI=1S/C64H61N4O2.Pt/c1-61(2,3)42-28-29-65-57(35-42)68-53-26-19-27-55-58(53)59-54(68)37-48(38-56(59)70-55)69-47-23-18-22-46(36-47)66-39-67(52-25-17-16-24-51(52)66)60-49(40-20-14-13-15-21-40)33-45(64(10,11)12)34-50(60)41-30-43(62(4,5)6)32-44(31-41)63(7,8)9;/h13-35,38-39H,1-12H3;/q-3;. The van der Waals surface area contributed by atoms with Gasteiger partial charge in [0.05, 0.1) is 0 Å². The van der Waals surface area contributed by atoms with Crippen LogP contribution in [-0.4, -0.2) is 9.55 Å². The van der Waals surface area contributed by atoms with E-state index in [1.54, 1.807) is 0 Å². The van der Waals surface area contributed by atoms with E-state index in [0.29, 0.717) is 11.5 Å². The average molecular weight is 1110 g/mol. The van der Waals surface area contributed by atoms with Crippen molar-refractivity contribution in [2.75, 3.05) is 9.80 Å². The summed E-state index contributed by atoms with van der Waals surface area (Å²) in [6.07, 6.45) is 1.90. The van der Waals surface area contributed by atoms with Gasteiger partial charge in [-0.1, -0.05) is 167 Å². The Kier molecular flexibility index (Phi) is 11.7. The van der Waals surface area contributed by atoms with Crippen LogP contribution >= 0.6 is 0 Å². The molecule has 10 aromatic rings. The molecule has 0 saturated carbocycles. The molecule has 7 heteroatoms. The van der Waals surface area contributed by atoms with Crippen molar-refractivity contribution in [3.05, 3.63) is 187 Å². The zero-order valence-corrected chi connectivity index (χ0v) is 45.1. The van der Waals surface area contributed by atoms with Gasteiger partial charge in [-0.15, -0.1) is 36.6 Å². The maximum absolute atomic E-state index is 6.78. The summed E-state index contributed by atoms with van der Waals surface area (Å²) in [5, 5.41) is 2.06. The number of ether oxygens (including phenoxy) is 1. The zero-order valence-electron chi connectivity index (χ0n) is 42.9. The predicted molar refractivity (Wildman–Crippen MR) is 291 cm³/mol. The molecule has 0 spiro atoms. The van der Waals surface area contributed by atoms with E-state index >= 15 is 0 Å². The molecule has 1 aliphatic heterocycles. The van der Waals surface area contributed by atoms with Gasteiger partial charge in [0.2, 0.25) is 0 Å². The van der Waals surface area contributed by atoms with Gasteiger partial charge in [-0.25, -0.2) is 4.98 Å². The minimum atomic E-state index is -0.112. The monoisotopic (exact) mass is 1110 g/mol. The largest absolute Gasteiger partial charge is 0.509 e. The average Bonchev–Trinajstić information content (AvgIpc) is 4.01. The van der Waals surface area contributed by atoms with E-state index in [1.807, 2.05) is 36.5 Å². The van der Waals surface area contributed by atoms with Crippen LogP contribution in [-0.2, 0) is 42.7 Å². The molecule has 0 atom stereocenters. The Bertz CT molecular complexity index is 3580. The molecule has 0 fully saturated rings. The van der Waals surface area contributed by atoms with Crippen LogP contribution in [0.5, 0.6) is 11.5 Å². The van der Waals surface area contributed by atoms with Gasteiger partial charge in [0.25, 0.3) is 0 Å². The number of hydrogen-bond acceptors (Lipinski definition) is 5. The first kappa shape index (κ1) is 48.0. The number of nitrogens with zero attached hydrogens (tertiary/aromatic N) is 4. The summed E-state index contributed by atoms with van der Waals surface area (Å²) in [6.45, 7) is 29.7. The third kappa shape index (κ3) is 8.63. The van der Waals surface area contributed by atoms with Gasteiger partial charge >= 0.3 is 0 Å². The quantitative estimate of drug-likeness (QED) is 0.149. The van der Waals surface area contributed by atoms with Crippen molar-refractivity contribution in [2.24, 2.45) is 0 Å². The maximum atomic E-state index is 6.78. The molecule has 4 heterocycles. The van der Waals surface area contributed by atoms with Gasteiger partial charge in [0.15, 0.2) is 0 Å². The van der Waals surface area contributed by atoms with Crippen molar-refractivity contribution in [1.29, 1.82) is 0 Å². The van der Waals surface area contributed by atoms with Crippen LogP contribution in [0.25, 0.3) is 61.0 Å². The summed E-state index contributed by atoms with van der Waals surface area (Å²) in [6, 6.07) is 57.4. The molecule has 3 aromatic heterocycles. The van der Waals surface area contributed by atoms with Crippen LogP contribution in [0.4, 0.5) is 22.7 Å². The zero-order chi connectivity index (χ0) is 49.1. The van der Waals surface area contributed by atoms with Gasteiger partial charge in [-0.3, -0.25) is 0 Å². The fourth-order valence-electron chi connectivity index (χ4n) is 9.86. The Labute approximate surface area is 433 Å². The molecule has 0 saturated heterocycles. The van der Waals surface area contributed by atoms with Crippen molar-refractivity contribution in [3.8, 4) is 39.6 Å². The number of fused-ring (bicyclic) bond motifs is 1. The van der Waals surface area contributed by atoms with Crippen molar-refractivity contribution in [1.82, 2.24) is 9.55 Å². The normalized spacial score (nSPS) is 13.4. The van der Waals surface area contributed by atoms with Gasteiger partial charge in [0.1, 0.15) is 11.4 Å². The van der Waals surface area contributed by atoms with Gasteiger partial charge in [-0.05, 0) is 109 Å². The molecule has 0 unspecified atom stereocenters. The summed E-state index contributed by atoms with van der Waals surface area (Å²) >= 11 is 0. The molecule has 0 bridgehead atoms. The second kappa shape index (κ2) is 17.3. The van der Waals surface area contributed by atoms with E-state index in [-0.39, 0.29) is 42.7 Å². The molecule has 362 valence electrons. The number of rotatable bonds is 7. The van der Waals surface area contributed by atoms with Crippen LogP contribution in [0.3, 0.4) is 0 Å². The van der Waals surface area contributed by atoms with E-state index < -0.39 is 0 Å². The van der Waals surface area contributed by atoms with E-state index in [9.17, 15) is 0 Å². The van der Waals surface area contributed by atoms with Gasteiger partial charge in [-0.2, -0.15) is 6.07 Å². The fourth-order valence-corrected chi connectivity index (χ4v) is 9.86. The number of anilines is 4. The first-order chi connectivity index (χ1) is 33.2. The van der Waals surface area contributed by atoms with Crippen molar-refractivity contribution >= 4 is 55.7 Å². The Morgan fingerprint density at radius 3 is 1.77 bits per heavy atom. The molecule has 7 aromatic carbocycles. The molecule has 0 N–H and O–H groups in total. The summed E-state index contributed by atoms with van der Waals surface area (Å²) in [4.78, 5) is 9.51. The number of furan rings is 1.